The van der Waals surface area contributed by atoms with E-state index in [0.29, 0.717) is 0 Å². The predicted octanol–water partition coefficient (Wildman–Crippen LogP) is 4.73. The summed E-state index contributed by atoms with van der Waals surface area (Å²) in [5.74, 6) is 0.950. The Balaban J connectivity index is 2.01. The van der Waals surface area contributed by atoms with Gasteiger partial charge in [-0.25, -0.2) is 0 Å². The Bertz CT molecular complexity index is 339. The van der Waals surface area contributed by atoms with E-state index < -0.39 is 0 Å². The maximum atomic E-state index is 5.75. The molecule has 1 aromatic rings. The molecule has 0 aliphatic carbocycles. The van der Waals surface area contributed by atoms with Gasteiger partial charge in [-0.3, -0.25) is 0 Å². The van der Waals surface area contributed by atoms with Crippen LogP contribution < -0.4 is 4.74 Å². The van der Waals surface area contributed by atoms with Crippen LogP contribution in [0.15, 0.2) is 28.7 Å². The van der Waals surface area contributed by atoms with E-state index in [2.05, 4.69) is 34.7 Å². The lowest BCUT2D eigenvalue weighted by atomic mass is 10.2. The minimum Gasteiger partial charge on any atom is -0.492 e. The molecule has 0 spiro atoms. The van der Waals surface area contributed by atoms with Crippen molar-refractivity contribution >= 4 is 15.9 Å². The molecule has 1 rings (SSSR count). The Hall–Kier alpha value is -0.540. The Labute approximate surface area is 126 Å². The molecule has 0 bridgehead atoms. The second-order valence-electron chi connectivity index (χ2n) is 4.72. The summed E-state index contributed by atoms with van der Waals surface area (Å²) in [5, 5.41) is 0. The number of benzene rings is 1. The van der Waals surface area contributed by atoms with Crippen LogP contribution in [0.5, 0.6) is 5.75 Å². The molecule has 0 atom stereocenters. The second-order valence-corrected chi connectivity index (χ2v) is 5.57. The van der Waals surface area contributed by atoms with Crippen molar-refractivity contribution in [3.63, 3.8) is 0 Å². The third kappa shape index (κ3) is 6.98. The number of nitrogens with zero attached hydrogens (tertiary/aromatic N) is 1. The van der Waals surface area contributed by atoms with Crippen LogP contribution in [0.3, 0.4) is 0 Å². The molecule has 19 heavy (non-hydrogen) atoms. The average Bonchev–Trinajstić information content (AvgIpc) is 2.44. The molecule has 1 aromatic carbocycles. The van der Waals surface area contributed by atoms with Crippen LogP contribution in [-0.4, -0.2) is 31.1 Å². The van der Waals surface area contributed by atoms with Gasteiger partial charge in [0.15, 0.2) is 0 Å². The SMILES string of the molecule is CCN(CC)CCCCCCOc1ccccc1Br. The smallest absolute Gasteiger partial charge is 0.133 e. The standard InChI is InChI=1S/C16H26BrNO/c1-3-18(4-2)13-9-5-6-10-14-19-16-12-8-7-11-15(16)17/h7-8,11-12H,3-6,9-10,13-14H2,1-2H3. The molecule has 108 valence electrons. The molecule has 0 unspecified atom stereocenters. The largest absolute Gasteiger partial charge is 0.492 e. The molecule has 2 nitrogen and oxygen atoms in total. The van der Waals surface area contributed by atoms with Crippen molar-refractivity contribution in [2.45, 2.75) is 39.5 Å². The van der Waals surface area contributed by atoms with E-state index in [9.17, 15) is 0 Å². The van der Waals surface area contributed by atoms with Crippen molar-refractivity contribution in [3.05, 3.63) is 28.7 Å². The fourth-order valence-corrected chi connectivity index (χ4v) is 2.47. The molecule has 3 heteroatoms. The summed E-state index contributed by atoms with van der Waals surface area (Å²) < 4.78 is 6.79. The summed E-state index contributed by atoms with van der Waals surface area (Å²) in [7, 11) is 0. The first-order chi connectivity index (χ1) is 9.27. The lowest BCUT2D eigenvalue weighted by Gasteiger charge is -2.17. The quantitative estimate of drug-likeness (QED) is 0.576. The van der Waals surface area contributed by atoms with Gasteiger partial charge < -0.3 is 9.64 Å². The van der Waals surface area contributed by atoms with Crippen molar-refractivity contribution in [1.29, 1.82) is 0 Å². The van der Waals surface area contributed by atoms with Crippen LogP contribution in [0, 0.1) is 0 Å². The first-order valence-corrected chi connectivity index (χ1v) is 8.17. The van der Waals surface area contributed by atoms with E-state index in [-0.39, 0.29) is 0 Å². The molecule has 0 heterocycles. The van der Waals surface area contributed by atoms with Crippen LogP contribution in [0.25, 0.3) is 0 Å². The zero-order valence-electron chi connectivity index (χ0n) is 12.2. The topological polar surface area (TPSA) is 12.5 Å². The molecule has 0 aliphatic heterocycles. The third-order valence-electron chi connectivity index (χ3n) is 3.36. The van der Waals surface area contributed by atoms with Gasteiger partial charge in [0.25, 0.3) is 0 Å². The van der Waals surface area contributed by atoms with Crippen molar-refractivity contribution in [2.75, 3.05) is 26.2 Å². The van der Waals surface area contributed by atoms with Crippen LogP contribution in [0.1, 0.15) is 39.5 Å². The molecule has 0 fully saturated rings. The first-order valence-electron chi connectivity index (χ1n) is 7.37. The summed E-state index contributed by atoms with van der Waals surface area (Å²) in [6.45, 7) is 8.85. The minimum absolute atomic E-state index is 0.813. The normalized spacial score (nSPS) is 10.9. The van der Waals surface area contributed by atoms with Gasteiger partial charge in [-0.2, -0.15) is 0 Å². The highest BCUT2D eigenvalue weighted by molar-refractivity contribution is 9.10. The van der Waals surface area contributed by atoms with E-state index in [0.717, 1.165) is 23.2 Å². The van der Waals surface area contributed by atoms with E-state index >= 15 is 0 Å². The minimum atomic E-state index is 0.813. The Morgan fingerprint density at radius 3 is 2.37 bits per heavy atom. The number of rotatable bonds is 10. The van der Waals surface area contributed by atoms with Gasteiger partial charge in [0.1, 0.15) is 5.75 Å². The zero-order chi connectivity index (χ0) is 13.9. The van der Waals surface area contributed by atoms with Crippen LogP contribution in [-0.2, 0) is 0 Å². The van der Waals surface area contributed by atoms with Gasteiger partial charge in [0.2, 0.25) is 0 Å². The van der Waals surface area contributed by atoms with Crippen molar-refractivity contribution in [2.24, 2.45) is 0 Å². The van der Waals surface area contributed by atoms with Crippen molar-refractivity contribution in [1.82, 2.24) is 4.90 Å². The average molecular weight is 328 g/mol. The predicted molar refractivity (Wildman–Crippen MR) is 85.9 cm³/mol. The number of unbranched alkanes of at least 4 members (excludes halogenated alkanes) is 3. The molecular weight excluding hydrogens is 302 g/mol. The van der Waals surface area contributed by atoms with E-state index in [1.807, 2.05) is 24.3 Å². The van der Waals surface area contributed by atoms with Gasteiger partial charge >= 0.3 is 0 Å². The highest BCUT2D eigenvalue weighted by atomic mass is 79.9. The molecular formula is C16H26BrNO. The lowest BCUT2D eigenvalue weighted by molar-refractivity contribution is 0.284. The molecule has 0 radical (unpaired) electrons. The maximum absolute atomic E-state index is 5.75. The van der Waals surface area contributed by atoms with Gasteiger partial charge in [0, 0.05) is 0 Å². The fourth-order valence-electron chi connectivity index (χ4n) is 2.07. The van der Waals surface area contributed by atoms with E-state index in [1.54, 1.807) is 0 Å². The Kier molecular flexibility index (Phi) is 8.93. The van der Waals surface area contributed by atoms with Gasteiger partial charge in [-0.15, -0.1) is 0 Å². The van der Waals surface area contributed by atoms with Crippen LogP contribution in [0.4, 0.5) is 0 Å². The van der Waals surface area contributed by atoms with E-state index in [1.165, 1.54) is 38.9 Å². The summed E-state index contributed by atoms with van der Waals surface area (Å²) in [6, 6.07) is 8.03. The van der Waals surface area contributed by atoms with Crippen molar-refractivity contribution < 1.29 is 4.74 Å². The molecule has 0 aliphatic rings. The lowest BCUT2D eigenvalue weighted by Crippen LogP contribution is -2.23. The summed E-state index contributed by atoms with van der Waals surface area (Å²) >= 11 is 3.49. The van der Waals surface area contributed by atoms with Crippen LogP contribution >= 0.6 is 15.9 Å². The third-order valence-corrected chi connectivity index (χ3v) is 4.01. The Morgan fingerprint density at radius 2 is 1.68 bits per heavy atom. The summed E-state index contributed by atoms with van der Waals surface area (Å²) in [4.78, 5) is 2.48. The molecule has 0 amide bonds. The molecule has 0 saturated heterocycles. The van der Waals surface area contributed by atoms with Gasteiger partial charge in [0.05, 0.1) is 11.1 Å². The van der Waals surface area contributed by atoms with Gasteiger partial charge in [-0.05, 0) is 60.5 Å². The van der Waals surface area contributed by atoms with Crippen molar-refractivity contribution in [3.8, 4) is 5.75 Å². The first kappa shape index (κ1) is 16.5. The second kappa shape index (κ2) is 10.3. The highest BCUT2D eigenvalue weighted by Gasteiger charge is 2.00. The van der Waals surface area contributed by atoms with Crippen LogP contribution in [0.2, 0.25) is 0 Å². The number of ether oxygens (including phenoxy) is 1. The Morgan fingerprint density at radius 1 is 1.00 bits per heavy atom. The fraction of sp³-hybridized carbons (Fsp3) is 0.625. The highest BCUT2D eigenvalue weighted by Crippen LogP contribution is 2.23. The number of halogens is 1. The molecule has 0 aromatic heterocycles. The zero-order valence-corrected chi connectivity index (χ0v) is 13.8. The van der Waals surface area contributed by atoms with E-state index in [4.69, 9.17) is 4.74 Å². The summed E-state index contributed by atoms with van der Waals surface area (Å²) in [5.41, 5.74) is 0. The number of hydrogen-bond acceptors (Lipinski definition) is 2. The monoisotopic (exact) mass is 327 g/mol. The maximum Gasteiger partial charge on any atom is 0.133 e. The number of para-hydroxylation sites is 1. The molecule has 0 saturated carbocycles. The molecule has 0 N–H and O–H groups in total. The number of hydrogen-bond donors (Lipinski definition) is 0. The summed E-state index contributed by atoms with van der Waals surface area (Å²) in [6.07, 6.45) is 5.00. The van der Waals surface area contributed by atoms with Gasteiger partial charge in [-0.1, -0.05) is 38.8 Å².